The zero-order valence-corrected chi connectivity index (χ0v) is 17.9. The minimum atomic E-state index is -0.188. The first kappa shape index (κ1) is 20.7. The monoisotopic (exact) mass is 409 g/mol. The average Bonchev–Trinajstić information content (AvgIpc) is 3.44. The van der Waals surface area contributed by atoms with Gasteiger partial charge in [-0.2, -0.15) is 0 Å². The number of likely N-dealkylation sites (tertiary alicyclic amines) is 1. The van der Waals surface area contributed by atoms with Gasteiger partial charge in [0.05, 0.1) is 26.2 Å². The summed E-state index contributed by atoms with van der Waals surface area (Å²) >= 11 is 0. The Morgan fingerprint density at radius 2 is 1.77 bits per heavy atom. The van der Waals surface area contributed by atoms with Gasteiger partial charge >= 0.3 is 5.97 Å². The quantitative estimate of drug-likeness (QED) is 0.634. The third kappa shape index (κ3) is 4.62. The van der Waals surface area contributed by atoms with Gasteiger partial charge in [0.1, 0.15) is 0 Å². The predicted molar refractivity (Wildman–Crippen MR) is 116 cm³/mol. The van der Waals surface area contributed by atoms with Gasteiger partial charge in [-0.1, -0.05) is 36.4 Å². The molecule has 1 aliphatic carbocycles. The molecule has 1 saturated heterocycles. The van der Waals surface area contributed by atoms with Crippen molar-refractivity contribution in [3.8, 4) is 11.5 Å². The number of methoxy groups -OCH3 is 2. The molecule has 0 N–H and O–H groups in total. The van der Waals surface area contributed by atoms with Gasteiger partial charge in [-0.15, -0.1) is 0 Å². The Hall–Kier alpha value is -2.53. The lowest BCUT2D eigenvalue weighted by molar-refractivity contribution is -0.145. The fourth-order valence-corrected chi connectivity index (χ4v) is 4.79. The Labute approximate surface area is 178 Å². The van der Waals surface area contributed by atoms with Crippen molar-refractivity contribution in [3.63, 3.8) is 0 Å². The number of benzene rings is 2. The van der Waals surface area contributed by atoms with E-state index in [9.17, 15) is 4.79 Å². The van der Waals surface area contributed by atoms with Crippen molar-refractivity contribution in [1.82, 2.24) is 4.90 Å². The minimum Gasteiger partial charge on any atom is -0.493 e. The summed E-state index contributed by atoms with van der Waals surface area (Å²) in [5, 5.41) is 0. The van der Waals surface area contributed by atoms with Crippen LogP contribution >= 0.6 is 0 Å². The van der Waals surface area contributed by atoms with Crippen molar-refractivity contribution in [2.24, 2.45) is 5.92 Å². The van der Waals surface area contributed by atoms with Crippen molar-refractivity contribution in [1.29, 1.82) is 0 Å². The highest BCUT2D eigenvalue weighted by Crippen LogP contribution is 2.39. The van der Waals surface area contributed by atoms with E-state index in [2.05, 4.69) is 41.3 Å². The van der Waals surface area contributed by atoms with Crippen LogP contribution in [0.5, 0.6) is 11.5 Å². The van der Waals surface area contributed by atoms with Gasteiger partial charge in [0.2, 0.25) is 0 Å². The van der Waals surface area contributed by atoms with E-state index in [1.165, 1.54) is 25.5 Å². The van der Waals surface area contributed by atoms with Crippen molar-refractivity contribution in [2.45, 2.75) is 44.2 Å². The fourth-order valence-electron chi connectivity index (χ4n) is 4.79. The maximum atomic E-state index is 12.6. The molecule has 5 nitrogen and oxygen atoms in total. The lowest BCUT2D eigenvalue weighted by Gasteiger charge is -2.21. The third-order valence-electron chi connectivity index (χ3n) is 6.36. The molecule has 1 aliphatic heterocycles. The molecule has 2 fully saturated rings. The maximum absolute atomic E-state index is 12.6. The van der Waals surface area contributed by atoms with Crippen LogP contribution in [0, 0.1) is 5.92 Å². The van der Waals surface area contributed by atoms with Crippen LogP contribution in [-0.4, -0.2) is 44.3 Å². The second-order valence-corrected chi connectivity index (χ2v) is 8.35. The van der Waals surface area contributed by atoms with Crippen LogP contribution in [0.1, 0.15) is 42.7 Å². The SMILES string of the molecule is COC(=O)[C@H]1CN(Cc2ccccc2)C[C@@H]1c1ccc(OC)c(OC2CCCC2)c1. The predicted octanol–water partition coefficient (Wildman–Crippen LogP) is 4.41. The number of rotatable bonds is 7. The molecule has 1 heterocycles. The zero-order valence-electron chi connectivity index (χ0n) is 17.9. The van der Waals surface area contributed by atoms with E-state index in [1.54, 1.807) is 7.11 Å². The van der Waals surface area contributed by atoms with Crippen LogP contribution < -0.4 is 9.47 Å². The van der Waals surface area contributed by atoms with Crippen molar-refractivity contribution < 1.29 is 19.0 Å². The van der Waals surface area contributed by atoms with Gasteiger partial charge in [0.15, 0.2) is 11.5 Å². The Morgan fingerprint density at radius 1 is 1.00 bits per heavy atom. The van der Waals surface area contributed by atoms with Gasteiger partial charge in [-0.05, 0) is 48.9 Å². The zero-order chi connectivity index (χ0) is 20.9. The van der Waals surface area contributed by atoms with Crippen molar-refractivity contribution in [2.75, 3.05) is 27.3 Å². The molecule has 0 unspecified atom stereocenters. The van der Waals surface area contributed by atoms with E-state index in [0.29, 0.717) is 6.54 Å². The van der Waals surface area contributed by atoms with E-state index < -0.39 is 0 Å². The number of hydrogen-bond acceptors (Lipinski definition) is 5. The Kier molecular flexibility index (Phi) is 6.58. The first-order chi connectivity index (χ1) is 14.7. The van der Waals surface area contributed by atoms with Crippen LogP contribution in [0.15, 0.2) is 48.5 Å². The summed E-state index contributed by atoms with van der Waals surface area (Å²) in [5.41, 5.74) is 2.36. The number of nitrogens with zero attached hydrogens (tertiary/aromatic N) is 1. The molecule has 4 rings (SSSR count). The molecule has 0 radical (unpaired) electrons. The molecule has 30 heavy (non-hydrogen) atoms. The average molecular weight is 410 g/mol. The molecule has 5 heteroatoms. The summed E-state index contributed by atoms with van der Waals surface area (Å²) in [6, 6.07) is 16.5. The van der Waals surface area contributed by atoms with Crippen LogP contribution in [0.25, 0.3) is 0 Å². The van der Waals surface area contributed by atoms with E-state index in [1.807, 2.05) is 12.1 Å². The molecule has 1 saturated carbocycles. The molecule has 2 atom stereocenters. The van der Waals surface area contributed by atoms with Gasteiger partial charge in [0, 0.05) is 25.6 Å². The second-order valence-electron chi connectivity index (χ2n) is 8.35. The molecule has 160 valence electrons. The van der Waals surface area contributed by atoms with Crippen LogP contribution in [0.3, 0.4) is 0 Å². The van der Waals surface area contributed by atoms with Gasteiger partial charge in [0.25, 0.3) is 0 Å². The van der Waals surface area contributed by atoms with Gasteiger partial charge < -0.3 is 14.2 Å². The normalized spacial score (nSPS) is 22.2. The standard InChI is InChI=1S/C25H31NO4/c1-28-23-13-12-19(14-24(23)30-20-10-6-7-11-20)21-16-26(17-22(21)25(27)29-2)15-18-8-4-3-5-9-18/h3-5,8-9,12-14,20-22H,6-7,10-11,15-17H2,1-2H3/t21-,22+/m1/s1. The summed E-state index contributed by atoms with van der Waals surface area (Å²) in [4.78, 5) is 14.9. The number of carbonyl (C=O) groups is 1. The summed E-state index contributed by atoms with van der Waals surface area (Å²) in [6.45, 7) is 2.33. The number of carbonyl (C=O) groups excluding carboxylic acids is 1. The maximum Gasteiger partial charge on any atom is 0.310 e. The smallest absolute Gasteiger partial charge is 0.310 e. The molecular formula is C25H31NO4. The topological polar surface area (TPSA) is 48.0 Å². The fraction of sp³-hybridized carbons (Fsp3) is 0.480. The van der Waals surface area contributed by atoms with Gasteiger partial charge in [-0.25, -0.2) is 0 Å². The summed E-state index contributed by atoms with van der Waals surface area (Å²) in [5.74, 6) is 1.26. The largest absolute Gasteiger partial charge is 0.493 e. The van der Waals surface area contributed by atoms with Crippen molar-refractivity contribution >= 4 is 5.97 Å². The minimum absolute atomic E-state index is 0.0676. The summed E-state index contributed by atoms with van der Waals surface area (Å²) < 4.78 is 17.0. The van der Waals surface area contributed by atoms with Gasteiger partial charge in [-0.3, -0.25) is 9.69 Å². The Morgan fingerprint density at radius 3 is 2.47 bits per heavy atom. The molecule has 0 aromatic heterocycles. The summed E-state index contributed by atoms with van der Waals surface area (Å²) in [7, 11) is 3.15. The lowest BCUT2D eigenvalue weighted by Crippen LogP contribution is -2.24. The first-order valence-corrected chi connectivity index (χ1v) is 10.9. The Balaban J connectivity index is 1.57. The molecule has 0 amide bonds. The van der Waals surface area contributed by atoms with Crippen molar-refractivity contribution in [3.05, 3.63) is 59.7 Å². The van der Waals surface area contributed by atoms with E-state index >= 15 is 0 Å². The number of esters is 1. The highest BCUT2D eigenvalue weighted by Gasteiger charge is 2.39. The van der Waals surface area contributed by atoms with E-state index in [-0.39, 0.29) is 23.9 Å². The molecule has 0 spiro atoms. The Bertz CT molecular complexity index is 847. The van der Waals surface area contributed by atoms with E-state index in [4.69, 9.17) is 14.2 Å². The van der Waals surface area contributed by atoms with Crippen LogP contribution in [0.2, 0.25) is 0 Å². The number of hydrogen-bond donors (Lipinski definition) is 0. The highest BCUT2D eigenvalue weighted by molar-refractivity contribution is 5.74. The molecule has 2 aromatic carbocycles. The third-order valence-corrected chi connectivity index (χ3v) is 6.36. The molecule has 2 aliphatic rings. The van der Waals surface area contributed by atoms with Crippen LogP contribution in [-0.2, 0) is 16.1 Å². The highest BCUT2D eigenvalue weighted by atomic mass is 16.5. The lowest BCUT2D eigenvalue weighted by atomic mass is 9.89. The van der Waals surface area contributed by atoms with Crippen LogP contribution in [0.4, 0.5) is 0 Å². The molecule has 2 aromatic rings. The number of ether oxygens (including phenoxy) is 3. The molecular weight excluding hydrogens is 378 g/mol. The summed E-state index contributed by atoms with van der Waals surface area (Å²) in [6.07, 6.45) is 4.87. The van der Waals surface area contributed by atoms with E-state index in [0.717, 1.165) is 43.0 Å². The molecule has 0 bridgehead atoms. The first-order valence-electron chi connectivity index (χ1n) is 10.9. The second kappa shape index (κ2) is 9.52.